The van der Waals surface area contributed by atoms with Crippen LogP contribution in [0.2, 0.25) is 0 Å². The average molecular weight is 377 g/mol. The van der Waals surface area contributed by atoms with E-state index in [1.165, 1.54) is 5.56 Å². The van der Waals surface area contributed by atoms with Crippen molar-refractivity contribution >= 4 is 17.7 Å². The number of amides is 2. The van der Waals surface area contributed by atoms with E-state index >= 15 is 0 Å². The van der Waals surface area contributed by atoms with Crippen LogP contribution in [0.5, 0.6) is 0 Å². The molecule has 7 heteroatoms. The van der Waals surface area contributed by atoms with Gasteiger partial charge in [0.05, 0.1) is 0 Å². The summed E-state index contributed by atoms with van der Waals surface area (Å²) in [5, 5.41) is 5.22. The van der Waals surface area contributed by atoms with Gasteiger partial charge in [0.1, 0.15) is 12.1 Å². The van der Waals surface area contributed by atoms with Gasteiger partial charge in [0.15, 0.2) is 0 Å². The molecule has 1 heterocycles. The third-order valence-electron chi connectivity index (χ3n) is 4.34. The summed E-state index contributed by atoms with van der Waals surface area (Å²) in [5.74, 6) is -0.286. The first-order valence-electron chi connectivity index (χ1n) is 9.48. The first-order chi connectivity index (χ1) is 12.7. The van der Waals surface area contributed by atoms with Gasteiger partial charge in [-0.25, -0.2) is 4.79 Å². The smallest absolute Gasteiger partial charge is 0.408 e. The maximum atomic E-state index is 11.9. The van der Waals surface area contributed by atoms with Gasteiger partial charge in [-0.3, -0.25) is 4.79 Å². The zero-order chi connectivity index (χ0) is 19.9. The monoisotopic (exact) mass is 376 g/mol. The van der Waals surface area contributed by atoms with Crippen molar-refractivity contribution in [1.29, 1.82) is 0 Å². The van der Waals surface area contributed by atoms with Gasteiger partial charge >= 0.3 is 6.09 Å². The Bertz CT molecular complexity index is 617. The number of alkyl carbamates (subject to hydrolysis) is 1. The largest absolute Gasteiger partial charge is 0.444 e. The summed E-state index contributed by atoms with van der Waals surface area (Å²) in [4.78, 5) is 28.3. The van der Waals surface area contributed by atoms with E-state index < -0.39 is 11.7 Å². The van der Waals surface area contributed by atoms with E-state index in [1.807, 2.05) is 24.3 Å². The zero-order valence-corrected chi connectivity index (χ0v) is 16.9. The molecular weight excluding hydrogens is 344 g/mol. The summed E-state index contributed by atoms with van der Waals surface area (Å²) < 4.78 is 5.10. The van der Waals surface area contributed by atoms with Gasteiger partial charge in [-0.1, -0.05) is 12.1 Å². The number of likely N-dealkylation sites (N-methyl/N-ethyl adjacent to an activating group) is 1. The molecule has 1 fully saturated rings. The Morgan fingerprint density at radius 3 is 2.30 bits per heavy atom. The lowest BCUT2D eigenvalue weighted by Crippen LogP contribution is -2.45. The number of hydrogen-bond donors (Lipinski definition) is 2. The Labute approximate surface area is 162 Å². The number of rotatable bonds is 6. The van der Waals surface area contributed by atoms with Gasteiger partial charge < -0.3 is 25.2 Å². The molecule has 0 bridgehead atoms. The molecule has 0 radical (unpaired) electrons. The fraction of sp³-hybridized carbons (Fsp3) is 0.600. The number of carbonyl (C=O) groups is 2. The molecule has 0 aromatic heterocycles. The number of carbonyl (C=O) groups excluding carboxylic acids is 2. The lowest BCUT2D eigenvalue weighted by molar-refractivity contribution is -0.115. The number of nitrogens with one attached hydrogen (secondary N) is 2. The molecule has 1 aromatic rings. The Hall–Kier alpha value is -2.12. The summed E-state index contributed by atoms with van der Waals surface area (Å²) in [6, 6.07) is 7.86. The zero-order valence-electron chi connectivity index (χ0n) is 16.9. The maximum Gasteiger partial charge on any atom is 0.408 e. The number of ether oxygens (including phenoxy) is 1. The summed E-state index contributed by atoms with van der Waals surface area (Å²) in [6.45, 7) is 10.8. The van der Waals surface area contributed by atoms with Crippen LogP contribution in [0.15, 0.2) is 24.3 Å². The number of piperazine rings is 1. The van der Waals surface area contributed by atoms with Crippen LogP contribution < -0.4 is 10.6 Å². The van der Waals surface area contributed by atoms with Gasteiger partial charge in [0.25, 0.3) is 0 Å². The van der Waals surface area contributed by atoms with Crippen LogP contribution in [-0.4, -0.2) is 73.7 Å². The summed E-state index contributed by atoms with van der Waals surface area (Å²) in [5.41, 5.74) is 1.38. The first kappa shape index (κ1) is 21.2. The van der Waals surface area contributed by atoms with Crippen molar-refractivity contribution in [2.45, 2.75) is 32.8 Å². The van der Waals surface area contributed by atoms with E-state index in [0.29, 0.717) is 5.69 Å². The van der Waals surface area contributed by atoms with Crippen molar-refractivity contribution in [1.82, 2.24) is 15.1 Å². The van der Waals surface area contributed by atoms with Crippen LogP contribution in [0.1, 0.15) is 26.3 Å². The molecule has 1 aromatic carbocycles. The Balaban J connectivity index is 1.70. The van der Waals surface area contributed by atoms with E-state index in [9.17, 15) is 9.59 Å². The molecule has 0 unspecified atom stereocenters. The van der Waals surface area contributed by atoms with E-state index in [2.05, 4.69) is 27.5 Å². The van der Waals surface area contributed by atoms with Gasteiger partial charge in [-0.05, 0) is 51.9 Å². The van der Waals surface area contributed by atoms with Crippen LogP contribution in [0, 0.1) is 0 Å². The van der Waals surface area contributed by atoms with Crippen LogP contribution in [0.4, 0.5) is 10.5 Å². The Kier molecular flexibility index (Phi) is 7.62. The number of anilines is 1. The molecular formula is C20H32N4O3. The highest BCUT2D eigenvalue weighted by Gasteiger charge is 2.16. The minimum atomic E-state index is -0.600. The number of nitrogens with zero attached hydrogens (tertiary/aromatic N) is 2. The van der Waals surface area contributed by atoms with Crippen molar-refractivity contribution < 1.29 is 14.3 Å². The third-order valence-corrected chi connectivity index (χ3v) is 4.34. The molecule has 7 nitrogen and oxygen atoms in total. The number of benzene rings is 1. The minimum Gasteiger partial charge on any atom is -0.444 e. The van der Waals surface area contributed by atoms with Crippen LogP contribution in [0.25, 0.3) is 0 Å². The van der Waals surface area contributed by atoms with Crippen molar-refractivity contribution in [3.8, 4) is 0 Å². The topological polar surface area (TPSA) is 73.9 Å². The maximum absolute atomic E-state index is 11.9. The molecule has 2 N–H and O–H groups in total. The predicted molar refractivity (Wildman–Crippen MR) is 107 cm³/mol. The van der Waals surface area contributed by atoms with Crippen molar-refractivity contribution in [3.63, 3.8) is 0 Å². The summed E-state index contributed by atoms with van der Waals surface area (Å²) >= 11 is 0. The highest BCUT2D eigenvalue weighted by Crippen LogP contribution is 2.11. The average Bonchev–Trinajstić information content (AvgIpc) is 2.59. The van der Waals surface area contributed by atoms with Crippen LogP contribution >= 0.6 is 0 Å². The SMILES string of the molecule is CN1CCN(CCc2ccc(NC(=O)CNC(=O)OC(C)(C)C)cc2)CC1. The second-order valence-corrected chi connectivity index (χ2v) is 8.00. The Morgan fingerprint density at radius 1 is 1.07 bits per heavy atom. The molecule has 0 saturated carbocycles. The fourth-order valence-corrected chi connectivity index (χ4v) is 2.79. The third kappa shape index (κ3) is 8.41. The molecule has 1 aliphatic rings. The molecule has 27 heavy (non-hydrogen) atoms. The molecule has 2 rings (SSSR count). The van der Waals surface area contributed by atoms with E-state index in [0.717, 1.165) is 39.1 Å². The van der Waals surface area contributed by atoms with Crippen molar-refractivity contribution in [2.24, 2.45) is 0 Å². The highest BCUT2D eigenvalue weighted by atomic mass is 16.6. The molecule has 1 aliphatic heterocycles. The highest BCUT2D eigenvalue weighted by molar-refractivity contribution is 5.93. The van der Waals surface area contributed by atoms with Gasteiger partial charge in [0.2, 0.25) is 5.91 Å². The molecule has 0 atom stereocenters. The quantitative estimate of drug-likeness (QED) is 0.794. The molecule has 2 amide bonds. The van der Waals surface area contributed by atoms with Gasteiger partial charge in [-0.2, -0.15) is 0 Å². The summed E-state index contributed by atoms with van der Waals surface area (Å²) in [6.07, 6.45) is 0.398. The standard InChI is InChI=1S/C20H32N4O3/c1-20(2,3)27-19(26)21-15-18(25)22-17-7-5-16(6-8-17)9-10-24-13-11-23(4)12-14-24/h5-8H,9-15H2,1-4H3,(H,21,26)(H,22,25). The summed E-state index contributed by atoms with van der Waals surface area (Å²) in [7, 11) is 2.16. The number of hydrogen-bond acceptors (Lipinski definition) is 5. The van der Waals surface area contributed by atoms with Crippen molar-refractivity contribution in [2.75, 3.05) is 51.6 Å². The second kappa shape index (κ2) is 9.71. The van der Waals surface area contributed by atoms with Crippen molar-refractivity contribution in [3.05, 3.63) is 29.8 Å². The van der Waals surface area contributed by atoms with Gasteiger partial charge in [0, 0.05) is 38.4 Å². The Morgan fingerprint density at radius 2 is 1.70 bits per heavy atom. The van der Waals surface area contributed by atoms with Crippen LogP contribution in [0.3, 0.4) is 0 Å². The first-order valence-corrected chi connectivity index (χ1v) is 9.48. The predicted octanol–water partition coefficient (Wildman–Crippen LogP) is 1.94. The molecule has 1 saturated heterocycles. The molecule has 0 aliphatic carbocycles. The normalized spacial score (nSPS) is 16.0. The molecule has 0 spiro atoms. The fourth-order valence-electron chi connectivity index (χ4n) is 2.79. The minimum absolute atomic E-state index is 0.125. The molecule has 150 valence electrons. The van der Waals surface area contributed by atoms with E-state index in [1.54, 1.807) is 20.8 Å². The second-order valence-electron chi connectivity index (χ2n) is 8.00. The van der Waals surface area contributed by atoms with Crippen LogP contribution in [-0.2, 0) is 16.0 Å². The van der Waals surface area contributed by atoms with E-state index in [-0.39, 0.29) is 12.5 Å². The van der Waals surface area contributed by atoms with E-state index in [4.69, 9.17) is 4.74 Å². The lowest BCUT2D eigenvalue weighted by Gasteiger charge is -2.32. The van der Waals surface area contributed by atoms with Gasteiger partial charge in [-0.15, -0.1) is 0 Å². The lowest BCUT2D eigenvalue weighted by atomic mass is 10.1.